The average molecular weight is 325 g/mol. The normalized spacial score (nSPS) is 11.1. The molecule has 0 aliphatic carbocycles. The van der Waals surface area contributed by atoms with E-state index in [0.717, 1.165) is 18.3 Å². The van der Waals surface area contributed by atoms with Gasteiger partial charge in [-0.3, -0.25) is 9.78 Å². The number of hydrazone groups is 1. The van der Waals surface area contributed by atoms with Gasteiger partial charge in [-0.05, 0) is 31.2 Å². The van der Waals surface area contributed by atoms with Crippen LogP contribution in [0.1, 0.15) is 21.6 Å². The Labute approximate surface area is 136 Å². The lowest BCUT2D eigenvalue weighted by Crippen LogP contribution is -2.18. The van der Waals surface area contributed by atoms with Gasteiger partial charge in [0.05, 0.1) is 22.9 Å². The molecule has 0 saturated carbocycles. The lowest BCUT2D eigenvalue weighted by molar-refractivity contribution is 0.0956. The smallest absolute Gasteiger partial charge is 0.267 e. The van der Waals surface area contributed by atoms with Crippen LogP contribution in [0.3, 0.4) is 0 Å². The first kappa shape index (κ1) is 15.7. The number of aryl methyl sites for hydroxylation is 1. The van der Waals surface area contributed by atoms with Crippen molar-refractivity contribution in [1.29, 1.82) is 0 Å². The number of fused-ring (bicyclic) bond motifs is 1. The van der Waals surface area contributed by atoms with Gasteiger partial charge in [0.15, 0.2) is 0 Å². The standard InChI is InChI=1S/C18H13F2N3O/c1-11-9-13(12-5-2-3-8-17(12)22-11)18(24)23-21-10-14-15(19)6-4-7-16(14)20/h2-10H,1H3,(H,23,24)/b21-10+. The number of amides is 1. The van der Waals surface area contributed by atoms with Crippen LogP contribution >= 0.6 is 0 Å². The van der Waals surface area contributed by atoms with Gasteiger partial charge in [0.2, 0.25) is 0 Å². The molecule has 0 aliphatic heterocycles. The zero-order valence-electron chi connectivity index (χ0n) is 12.8. The minimum Gasteiger partial charge on any atom is -0.267 e. The number of hydrogen-bond donors (Lipinski definition) is 1. The highest BCUT2D eigenvalue weighted by Gasteiger charge is 2.11. The third kappa shape index (κ3) is 3.12. The average Bonchev–Trinajstić information content (AvgIpc) is 2.56. The van der Waals surface area contributed by atoms with Gasteiger partial charge in [0.1, 0.15) is 11.6 Å². The second-order valence-electron chi connectivity index (χ2n) is 5.16. The van der Waals surface area contributed by atoms with Crippen LogP contribution in [0.4, 0.5) is 8.78 Å². The maximum atomic E-state index is 13.5. The third-order valence-corrected chi connectivity index (χ3v) is 3.45. The fraction of sp³-hybridized carbons (Fsp3) is 0.0556. The summed E-state index contributed by atoms with van der Waals surface area (Å²) < 4.78 is 27.0. The number of aromatic nitrogens is 1. The molecule has 24 heavy (non-hydrogen) atoms. The van der Waals surface area contributed by atoms with E-state index in [1.165, 1.54) is 6.07 Å². The van der Waals surface area contributed by atoms with E-state index in [1.54, 1.807) is 31.2 Å². The molecule has 6 heteroatoms. The lowest BCUT2D eigenvalue weighted by Gasteiger charge is -2.06. The molecule has 2 aromatic carbocycles. The van der Waals surface area contributed by atoms with E-state index in [2.05, 4.69) is 15.5 Å². The highest BCUT2D eigenvalue weighted by atomic mass is 19.1. The van der Waals surface area contributed by atoms with Crippen molar-refractivity contribution >= 4 is 23.0 Å². The van der Waals surface area contributed by atoms with E-state index >= 15 is 0 Å². The summed E-state index contributed by atoms with van der Waals surface area (Å²) in [5.74, 6) is -1.99. The molecule has 1 amide bonds. The highest BCUT2D eigenvalue weighted by molar-refractivity contribution is 6.06. The number of carbonyl (C=O) groups excluding carboxylic acids is 1. The summed E-state index contributed by atoms with van der Waals surface area (Å²) in [5.41, 5.74) is 3.74. The molecule has 0 spiro atoms. The fourth-order valence-corrected chi connectivity index (χ4v) is 2.35. The number of nitrogens with zero attached hydrogens (tertiary/aromatic N) is 2. The summed E-state index contributed by atoms with van der Waals surface area (Å²) in [4.78, 5) is 16.7. The molecule has 120 valence electrons. The predicted molar refractivity (Wildman–Crippen MR) is 87.9 cm³/mol. The van der Waals surface area contributed by atoms with Crippen LogP contribution < -0.4 is 5.43 Å². The zero-order chi connectivity index (χ0) is 17.1. The monoisotopic (exact) mass is 325 g/mol. The Kier molecular flexibility index (Phi) is 4.29. The van der Waals surface area contributed by atoms with Crippen LogP contribution in [0.5, 0.6) is 0 Å². The second-order valence-corrected chi connectivity index (χ2v) is 5.16. The molecule has 0 saturated heterocycles. The van der Waals surface area contributed by atoms with Crippen molar-refractivity contribution in [2.45, 2.75) is 6.92 Å². The van der Waals surface area contributed by atoms with Crippen molar-refractivity contribution in [3.8, 4) is 0 Å². The SMILES string of the molecule is Cc1cc(C(=O)N/N=C/c2c(F)cccc2F)c2ccccc2n1. The molecule has 4 nitrogen and oxygen atoms in total. The van der Waals surface area contributed by atoms with Crippen LogP contribution in [0, 0.1) is 18.6 Å². The Morgan fingerprint density at radius 2 is 1.83 bits per heavy atom. The minimum atomic E-state index is -0.752. The van der Waals surface area contributed by atoms with Crippen molar-refractivity contribution in [3.63, 3.8) is 0 Å². The Hall–Kier alpha value is -3.15. The number of hydrogen-bond acceptors (Lipinski definition) is 3. The number of pyridine rings is 1. The molecule has 0 aliphatic rings. The zero-order valence-corrected chi connectivity index (χ0v) is 12.8. The van der Waals surface area contributed by atoms with Crippen LogP contribution in [-0.4, -0.2) is 17.1 Å². The lowest BCUT2D eigenvalue weighted by atomic mass is 10.1. The van der Waals surface area contributed by atoms with E-state index in [4.69, 9.17) is 0 Å². The molecule has 0 fully saturated rings. The van der Waals surface area contributed by atoms with Gasteiger partial charge in [0.25, 0.3) is 5.91 Å². The first-order valence-electron chi connectivity index (χ1n) is 7.20. The van der Waals surface area contributed by atoms with Crippen LogP contribution in [0.25, 0.3) is 10.9 Å². The van der Waals surface area contributed by atoms with Crippen molar-refractivity contribution in [1.82, 2.24) is 10.4 Å². The van der Waals surface area contributed by atoms with Gasteiger partial charge < -0.3 is 0 Å². The van der Waals surface area contributed by atoms with Crippen molar-refractivity contribution in [2.24, 2.45) is 5.10 Å². The predicted octanol–water partition coefficient (Wildman–Crippen LogP) is 3.59. The summed E-state index contributed by atoms with van der Waals surface area (Å²) in [5, 5.41) is 4.33. The number of carbonyl (C=O) groups is 1. The maximum absolute atomic E-state index is 13.5. The first-order valence-corrected chi connectivity index (χ1v) is 7.20. The van der Waals surface area contributed by atoms with Gasteiger partial charge >= 0.3 is 0 Å². The molecular weight excluding hydrogens is 312 g/mol. The molecule has 3 aromatic rings. The largest absolute Gasteiger partial charge is 0.272 e. The summed E-state index contributed by atoms with van der Waals surface area (Å²) in [6.45, 7) is 1.78. The summed E-state index contributed by atoms with van der Waals surface area (Å²) >= 11 is 0. The van der Waals surface area contributed by atoms with E-state index in [1.807, 2.05) is 6.07 Å². The Bertz CT molecular complexity index is 934. The summed E-state index contributed by atoms with van der Waals surface area (Å²) in [7, 11) is 0. The number of nitrogens with one attached hydrogen (secondary N) is 1. The second kappa shape index (κ2) is 6.54. The molecule has 0 radical (unpaired) electrons. The highest BCUT2D eigenvalue weighted by Crippen LogP contribution is 2.18. The van der Waals surface area contributed by atoms with Crippen LogP contribution in [0.15, 0.2) is 53.6 Å². The van der Waals surface area contributed by atoms with Crippen LogP contribution in [-0.2, 0) is 0 Å². The molecule has 1 aromatic heterocycles. The van der Waals surface area contributed by atoms with Gasteiger partial charge in [0, 0.05) is 11.1 Å². The molecule has 0 bridgehead atoms. The number of halogens is 2. The molecule has 1 heterocycles. The Morgan fingerprint density at radius 1 is 1.12 bits per heavy atom. The van der Waals surface area contributed by atoms with Gasteiger partial charge in [-0.25, -0.2) is 14.2 Å². The van der Waals surface area contributed by atoms with E-state index in [0.29, 0.717) is 22.2 Å². The minimum absolute atomic E-state index is 0.312. The topological polar surface area (TPSA) is 54.4 Å². The van der Waals surface area contributed by atoms with Gasteiger partial charge in [-0.15, -0.1) is 0 Å². The molecule has 1 N–H and O–H groups in total. The first-order chi connectivity index (χ1) is 11.6. The quantitative estimate of drug-likeness (QED) is 0.591. The maximum Gasteiger partial charge on any atom is 0.272 e. The van der Waals surface area contributed by atoms with Crippen LogP contribution in [0.2, 0.25) is 0 Å². The molecule has 0 atom stereocenters. The Morgan fingerprint density at radius 3 is 2.58 bits per heavy atom. The molecule has 3 rings (SSSR count). The number of rotatable bonds is 3. The number of para-hydroxylation sites is 1. The molecule has 0 unspecified atom stereocenters. The number of benzene rings is 2. The van der Waals surface area contributed by atoms with Crippen molar-refractivity contribution in [3.05, 3.63) is 77.0 Å². The third-order valence-electron chi connectivity index (χ3n) is 3.45. The van der Waals surface area contributed by atoms with Crippen molar-refractivity contribution in [2.75, 3.05) is 0 Å². The Balaban J connectivity index is 1.87. The van der Waals surface area contributed by atoms with Crippen molar-refractivity contribution < 1.29 is 13.6 Å². The van der Waals surface area contributed by atoms with Gasteiger partial charge in [-0.2, -0.15) is 5.10 Å². The summed E-state index contributed by atoms with van der Waals surface area (Å²) in [6.07, 6.45) is 0.943. The summed E-state index contributed by atoms with van der Waals surface area (Å²) in [6, 6.07) is 12.3. The van der Waals surface area contributed by atoms with E-state index in [9.17, 15) is 13.6 Å². The van der Waals surface area contributed by atoms with Gasteiger partial charge in [-0.1, -0.05) is 24.3 Å². The molecular formula is C18H13F2N3O. The van der Waals surface area contributed by atoms with E-state index < -0.39 is 17.5 Å². The van der Waals surface area contributed by atoms with E-state index in [-0.39, 0.29) is 5.56 Å². The fourth-order valence-electron chi connectivity index (χ4n) is 2.35.